The van der Waals surface area contributed by atoms with Crippen molar-refractivity contribution in [2.24, 2.45) is 0 Å². The molecule has 0 fully saturated rings. The monoisotopic (exact) mass is 973 g/mol. The van der Waals surface area contributed by atoms with E-state index >= 15 is 0 Å². The van der Waals surface area contributed by atoms with Crippen molar-refractivity contribution in [3.63, 3.8) is 0 Å². The summed E-state index contributed by atoms with van der Waals surface area (Å²) in [5, 5.41) is 5.63. The highest BCUT2D eigenvalue weighted by molar-refractivity contribution is 6.93. The number of anilines is 5. The van der Waals surface area contributed by atoms with Gasteiger partial charge >= 0.3 is 6.85 Å². The molecule has 0 spiro atoms. The number of nitrogens with zero attached hydrogens (tertiary/aromatic N) is 2. The van der Waals surface area contributed by atoms with Crippen molar-refractivity contribution in [3.05, 3.63) is 149 Å². The number of fused-ring (bicyclic) bond motifs is 15. The van der Waals surface area contributed by atoms with Crippen LogP contribution < -0.4 is 20.8 Å². The highest BCUT2D eigenvalue weighted by atomic mass is 16.3. The van der Waals surface area contributed by atoms with Gasteiger partial charge in [-0.05, 0) is 169 Å². The molecule has 0 bridgehead atoms. The third kappa shape index (κ3) is 6.35. The van der Waals surface area contributed by atoms with Crippen molar-refractivity contribution >= 4 is 101 Å². The summed E-state index contributed by atoms with van der Waals surface area (Å²) >= 11 is 0. The molecule has 74 heavy (non-hydrogen) atoms. The van der Waals surface area contributed by atoms with Gasteiger partial charge in [0, 0.05) is 55.6 Å². The molecule has 0 atom stereocenters. The molecular formula is C68H69BN2O3. The molecule has 0 amide bonds. The van der Waals surface area contributed by atoms with E-state index in [9.17, 15) is 0 Å². The van der Waals surface area contributed by atoms with Crippen molar-refractivity contribution < 1.29 is 13.3 Å². The molecule has 14 rings (SSSR count). The molecule has 0 saturated carbocycles. The van der Waals surface area contributed by atoms with Crippen LogP contribution in [0.3, 0.4) is 0 Å². The smallest absolute Gasteiger partial charge is 0.376 e. The van der Waals surface area contributed by atoms with E-state index in [-0.39, 0.29) is 39.3 Å². The number of hydrogen-bond acceptors (Lipinski definition) is 5. The van der Waals surface area contributed by atoms with Gasteiger partial charge < -0.3 is 23.0 Å². The van der Waals surface area contributed by atoms with Crippen molar-refractivity contribution in [1.29, 1.82) is 0 Å². The zero-order valence-electron chi connectivity index (χ0n) is 46.0. The van der Waals surface area contributed by atoms with E-state index in [1.54, 1.807) is 0 Å². The third-order valence-corrected chi connectivity index (χ3v) is 18.7. The van der Waals surface area contributed by atoms with Gasteiger partial charge in [0.15, 0.2) is 5.58 Å². The minimum Gasteiger partial charge on any atom is -0.466 e. The zero-order chi connectivity index (χ0) is 51.6. The maximum atomic E-state index is 7.56. The Morgan fingerprint density at radius 2 is 1.00 bits per heavy atom. The Morgan fingerprint density at radius 3 is 1.69 bits per heavy atom. The summed E-state index contributed by atoms with van der Waals surface area (Å²) in [6.07, 6.45) is 4.57. The normalized spacial score (nSPS) is 18.3. The van der Waals surface area contributed by atoms with Crippen LogP contribution in [0.15, 0.2) is 129 Å². The third-order valence-electron chi connectivity index (χ3n) is 18.7. The standard InChI is InChI=1S/C68H69BN2O3/c1-63(2,3)38-19-22-40(23-20-38)71-53-37-57-44(45-35-51-52(36-56(45)72-57)68(13,14)30-29-67(51,11)12)33-43(53)46-34-47-42-17-15-16-18-54(42)73-61(47)60-58(46)69(71)62-59(48-31-39(64(4,5)6)21-26-55(48)74-62)70(60)41-24-25-49-50(32-41)66(9,10)28-27-65(49,7)8/h15-26,31-37H,27-30H2,1-14H3. The van der Waals surface area contributed by atoms with E-state index in [2.05, 4.69) is 222 Å². The van der Waals surface area contributed by atoms with Gasteiger partial charge in [0.1, 0.15) is 28.0 Å². The molecule has 0 unspecified atom stereocenters. The molecule has 0 saturated heterocycles. The SMILES string of the molecule is CC(C)(C)c1ccc(N2B3c4oc5ccc(C(C)(C)C)cc5c4N(c4ccc5c(c4)C(C)(C)CCC5(C)C)c4c3c(cc3c4oc4ccccc43)-c3cc4c(cc32)oc2cc3c(cc24)C(C)(C)CCC3(C)C)cc1. The van der Waals surface area contributed by atoms with E-state index in [0.29, 0.717) is 0 Å². The van der Waals surface area contributed by atoms with Gasteiger partial charge in [-0.25, -0.2) is 0 Å². The van der Waals surface area contributed by atoms with Crippen LogP contribution in [0.5, 0.6) is 0 Å². The topological polar surface area (TPSA) is 45.9 Å². The van der Waals surface area contributed by atoms with Crippen molar-refractivity contribution in [2.75, 3.05) is 9.71 Å². The van der Waals surface area contributed by atoms with Gasteiger partial charge in [-0.2, -0.15) is 0 Å². The Morgan fingerprint density at radius 1 is 0.432 bits per heavy atom. The maximum Gasteiger partial charge on any atom is 0.376 e. The van der Waals surface area contributed by atoms with Gasteiger partial charge in [0.25, 0.3) is 0 Å². The Balaban J connectivity index is 1.15. The second kappa shape index (κ2) is 14.6. The lowest BCUT2D eigenvalue weighted by molar-refractivity contribution is 0.332. The fraction of sp³-hybridized carbons (Fsp3) is 0.353. The maximum absolute atomic E-state index is 7.56. The first-order valence-corrected chi connectivity index (χ1v) is 27.4. The lowest BCUT2D eigenvalue weighted by Crippen LogP contribution is -2.61. The predicted octanol–water partition coefficient (Wildman–Crippen LogP) is 18.2. The molecule has 0 N–H and O–H groups in total. The first kappa shape index (κ1) is 45.9. The number of para-hydroxylation sites is 1. The number of hydrogen-bond donors (Lipinski definition) is 0. The molecule has 372 valence electrons. The largest absolute Gasteiger partial charge is 0.466 e. The van der Waals surface area contributed by atoms with Gasteiger partial charge in [-0.15, -0.1) is 0 Å². The molecule has 10 aromatic rings. The number of benzene rings is 7. The second-order valence-corrected chi connectivity index (χ2v) is 27.5. The molecule has 2 aliphatic carbocycles. The molecule has 0 radical (unpaired) electrons. The van der Waals surface area contributed by atoms with Gasteiger partial charge in [0.2, 0.25) is 0 Å². The van der Waals surface area contributed by atoms with Crippen LogP contribution >= 0.6 is 0 Å². The van der Waals surface area contributed by atoms with Crippen LogP contribution in [0, 0.1) is 0 Å². The number of rotatable bonds is 2. The van der Waals surface area contributed by atoms with Crippen LogP contribution in [0.1, 0.15) is 156 Å². The van der Waals surface area contributed by atoms with E-state index in [0.717, 1.165) is 109 Å². The molecule has 5 heterocycles. The molecule has 3 aromatic heterocycles. The van der Waals surface area contributed by atoms with Crippen LogP contribution in [0.4, 0.5) is 28.4 Å². The minimum absolute atomic E-state index is 0.0113. The average Bonchev–Trinajstić information content (AvgIpc) is 4.08. The van der Waals surface area contributed by atoms with Crippen molar-refractivity contribution in [3.8, 4) is 11.1 Å². The highest BCUT2D eigenvalue weighted by Crippen LogP contribution is 2.56. The Labute approximate surface area is 437 Å². The summed E-state index contributed by atoms with van der Waals surface area (Å²) in [5.41, 5.74) is 22.6. The van der Waals surface area contributed by atoms with Crippen LogP contribution in [-0.4, -0.2) is 6.85 Å². The van der Waals surface area contributed by atoms with E-state index < -0.39 is 0 Å². The predicted molar refractivity (Wildman–Crippen MR) is 312 cm³/mol. The van der Waals surface area contributed by atoms with E-state index in [1.807, 2.05) is 0 Å². The fourth-order valence-corrected chi connectivity index (χ4v) is 13.9. The number of furan rings is 3. The lowest BCUT2D eigenvalue weighted by Gasteiger charge is -2.45. The first-order chi connectivity index (χ1) is 34.9. The summed E-state index contributed by atoms with van der Waals surface area (Å²) in [6.45, 7) is 32.8. The first-order valence-electron chi connectivity index (χ1n) is 27.4. The zero-order valence-corrected chi connectivity index (χ0v) is 46.0. The van der Waals surface area contributed by atoms with Crippen LogP contribution in [0.2, 0.25) is 0 Å². The Bertz CT molecular complexity index is 4060. The summed E-state index contributed by atoms with van der Waals surface area (Å²) in [5.74, 6) is 0. The average molecular weight is 973 g/mol. The summed E-state index contributed by atoms with van der Waals surface area (Å²) < 4.78 is 22.0. The molecule has 7 aromatic carbocycles. The Kier molecular flexibility index (Phi) is 9.05. The molecule has 6 heteroatoms. The van der Waals surface area contributed by atoms with Crippen LogP contribution in [-0.2, 0) is 32.5 Å². The molecule has 5 nitrogen and oxygen atoms in total. The fourth-order valence-electron chi connectivity index (χ4n) is 13.9. The molecular weight excluding hydrogens is 904 g/mol. The Hall–Kier alpha value is -6.66. The summed E-state index contributed by atoms with van der Waals surface area (Å²) in [7, 11) is 0. The van der Waals surface area contributed by atoms with Crippen molar-refractivity contribution in [2.45, 2.75) is 155 Å². The van der Waals surface area contributed by atoms with E-state index in [1.165, 1.54) is 55.4 Å². The second-order valence-electron chi connectivity index (χ2n) is 27.5. The highest BCUT2D eigenvalue weighted by Gasteiger charge is 2.51. The van der Waals surface area contributed by atoms with Crippen LogP contribution in [0.25, 0.3) is 66.0 Å². The van der Waals surface area contributed by atoms with Gasteiger partial charge in [-0.3, -0.25) is 0 Å². The quantitative estimate of drug-likeness (QED) is 0.162. The lowest BCUT2D eigenvalue weighted by atomic mass is 9.45. The molecule has 4 aliphatic rings. The summed E-state index contributed by atoms with van der Waals surface area (Å²) in [6, 6.07) is 44.2. The summed E-state index contributed by atoms with van der Waals surface area (Å²) in [4.78, 5) is 5.12. The van der Waals surface area contributed by atoms with Gasteiger partial charge in [0.05, 0.1) is 11.4 Å². The van der Waals surface area contributed by atoms with Gasteiger partial charge in [-0.1, -0.05) is 139 Å². The minimum atomic E-state index is -0.369. The van der Waals surface area contributed by atoms with E-state index in [4.69, 9.17) is 13.3 Å². The molecule has 2 aliphatic heterocycles. The van der Waals surface area contributed by atoms with Crippen molar-refractivity contribution in [1.82, 2.24) is 0 Å².